The van der Waals surface area contributed by atoms with E-state index in [0.29, 0.717) is 0 Å². The third kappa shape index (κ3) is 97.0. The van der Waals surface area contributed by atoms with Gasteiger partial charge < -0.3 is 0 Å². The molecule has 2 fully saturated rings. The molecule has 0 heterocycles. The monoisotopic (exact) mass is 588 g/mol. The second-order valence-electron chi connectivity index (χ2n) is 3.61. The molecule has 2 aliphatic rings. The molecular formula is C22H80BP6S. The summed E-state index contributed by atoms with van der Waals surface area (Å²) < 4.78 is 30.0. The molecule has 0 aliphatic heterocycles. The lowest BCUT2D eigenvalue weighted by atomic mass is 10.0. The average molecular weight is 588 g/mol. The first kappa shape index (κ1) is 63.8. The SMILES string of the molecule is C.C.C.C.C.C.C.C.C1CCC1.C1CCC1.CC.CC.CC.PP(P)P(P)P=S.[3HH].[3H][3H].[3H][3H].[3H][3H].[B]. The van der Waals surface area contributed by atoms with Crippen LogP contribution in [0.25, 0.3) is 0 Å². The Kier molecular flexibility index (Phi) is 203. The van der Waals surface area contributed by atoms with E-state index in [0.717, 1.165) is 7.04 Å². The van der Waals surface area contributed by atoms with Crippen LogP contribution in [0.5, 0.6) is 0 Å². The molecule has 4 atom stereocenters. The standard InChI is InChI=1S/2C4H8.3C2H6.8CH4.B.H6P6S.4H2/c2*1-2-4-3-1;3*1-2;;;;;;;;;;1-5(2)6(3)4-7;;;;/h2*1-4H2;3*1-2H3;8*1H4;;1-3H2;4*1H/i;;;;;;;;;;;;;;;3*1+2T;1+2. The summed E-state index contributed by atoms with van der Waals surface area (Å²) in [5, 5.41) is 0. The van der Waals surface area contributed by atoms with E-state index in [1.807, 2.05) is 41.5 Å². The fourth-order valence-electron chi connectivity index (χ4n) is 0.542. The second-order valence-corrected chi connectivity index (χ2v) is 23.9. The van der Waals surface area contributed by atoms with Crippen molar-refractivity contribution >= 4 is 68.0 Å². The van der Waals surface area contributed by atoms with E-state index in [4.69, 9.17) is 20.7 Å². The zero-order valence-electron chi connectivity index (χ0n) is 21.7. The van der Waals surface area contributed by atoms with Crippen molar-refractivity contribution in [2.75, 3.05) is 0 Å². The normalized spacial score (nSPS) is 11.4. The summed E-state index contributed by atoms with van der Waals surface area (Å²) in [6, 6.07) is 0. The lowest BCUT2D eigenvalue weighted by Gasteiger charge is -2.05. The summed E-state index contributed by atoms with van der Waals surface area (Å²) >= 11 is 4.82. The summed E-state index contributed by atoms with van der Waals surface area (Å²) in [6.45, 7) is 12.1. The fraction of sp³-hybridized carbons (Fsp3) is 1.00. The van der Waals surface area contributed by atoms with Crippen LogP contribution in [0.4, 0.5) is 0 Å². The highest BCUT2D eigenvalue weighted by Gasteiger charge is 2.00. The van der Waals surface area contributed by atoms with E-state index in [-0.39, 0.29) is 83.2 Å². The van der Waals surface area contributed by atoms with Crippen molar-refractivity contribution in [1.82, 2.24) is 0 Å². The maximum Gasteiger partial charge on any atom is 0.0109 e. The van der Waals surface area contributed by atoms with Gasteiger partial charge in [0, 0.05) is 32.8 Å². The Hall–Kier alpha value is 2.73. The Labute approximate surface area is 230 Å². The number of hydrogen-bond acceptors (Lipinski definition) is 1. The summed E-state index contributed by atoms with van der Waals surface area (Å²) in [7, 11) is 9.47. The highest BCUT2D eigenvalue weighted by molar-refractivity contribution is 8.95. The Morgan fingerprint density at radius 2 is 0.700 bits per heavy atom. The lowest BCUT2D eigenvalue weighted by Crippen LogP contribution is -1.85. The molecule has 2 aliphatic carbocycles. The van der Waals surface area contributed by atoms with E-state index < -0.39 is 0 Å². The summed E-state index contributed by atoms with van der Waals surface area (Å²) in [6.07, 6.45) is 12.0. The molecule has 4 unspecified atom stereocenters. The molecule has 0 bridgehead atoms. The lowest BCUT2D eigenvalue weighted by molar-refractivity contribution is 0.504. The Bertz CT molecular complexity index is 170. The molecule has 3 radical (unpaired) electrons. The molecule has 0 nitrogen and oxygen atoms in total. The first-order valence-corrected chi connectivity index (χ1v) is 19.2. The number of rotatable bonds is 2. The van der Waals surface area contributed by atoms with Gasteiger partial charge in [-0.2, -0.15) is 0 Å². The van der Waals surface area contributed by atoms with Gasteiger partial charge in [0.15, 0.2) is 0 Å². The largest absolute Gasteiger partial charge is 0.102 e. The van der Waals surface area contributed by atoms with E-state index in [1.54, 1.807) is 0 Å². The Balaban J connectivity index is -0.00000000818. The minimum atomic E-state index is 0. The highest BCUT2D eigenvalue weighted by Crippen LogP contribution is 2.88. The molecule has 8 heteroatoms. The Morgan fingerprint density at radius 1 is 0.567 bits per heavy atom. The van der Waals surface area contributed by atoms with Crippen molar-refractivity contribution in [2.24, 2.45) is 0 Å². The van der Waals surface area contributed by atoms with Gasteiger partial charge in [-0.25, -0.2) is 0 Å². The van der Waals surface area contributed by atoms with Crippen molar-refractivity contribution < 1.29 is 10.3 Å². The van der Waals surface area contributed by atoms with Crippen molar-refractivity contribution in [1.29, 1.82) is 0 Å². The molecule has 2 saturated carbocycles. The molecular weight excluding hydrogens is 493 g/mol. The van der Waals surface area contributed by atoms with E-state index >= 15 is 0 Å². The highest BCUT2D eigenvalue weighted by atomic mass is 33.0. The van der Waals surface area contributed by atoms with Gasteiger partial charge >= 0.3 is 0 Å². The van der Waals surface area contributed by atoms with Crippen LogP contribution in [0, 0.1) is 0 Å². The summed E-state index contributed by atoms with van der Waals surface area (Å²) in [5.74, 6) is 0. The summed E-state index contributed by atoms with van der Waals surface area (Å²) in [5.41, 5.74) is 0. The van der Waals surface area contributed by atoms with Crippen molar-refractivity contribution in [3.63, 3.8) is 0 Å². The maximum atomic E-state index is 5.00. The van der Waals surface area contributed by atoms with Gasteiger partial charge in [0.05, 0.1) is 0 Å². The molecule has 0 aromatic heterocycles. The first-order valence-electron chi connectivity index (χ1n) is 11.4. The van der Waals surface area contributed by atoms with Gasteiger partial charge in [0.25, 0.3) is 0 Å². The van der Waals surface area contributed by atoms with Gasteiger partial charge in [-0.1, -0.05) is 173 Å². The summed E-state index contributed by atoms with van der Waals surface area (Å²) in [4.78, 5) is 0. The zero-order valence-corrected chi connectivity index (χ0v) is 22.7. The minimum absolute atomic E-state index is 0. The van der Waals surface area contributed by atoms with Crippen LogP contribution < -0.4 is 0 Å². The van der Waals surface area contributed by atoms with Gasteiger partial charge in [0.1, 0.15) is 0 Å². The molecule has 0 N–H and O–H groups in total. The van der Waals surface area contributed by atoms with Crippen LogP contribution >= 0.6 is 47.8 Å². The first-order chi connectivity index (χ1) is 13.2. The van der Waals surface area contributed by atoms with Crippen molar-refractivity contribution in [3.8, 4) is 0 Å². The topological polar surface area (TPSA) is 0 Å². The third-order valence-electron chi connectivity index (χ3n) is 2.32. The fourth-order valence-corrected chi connectivity index (χ4v) is 10.7. The second kappa shape index (κ2) is 95.3. The predicted octanol–water partition coefficient (Wildman–Crippen LogP) is 15.4. The van der Waals surface area contributed by atoms with Gasteiger partial charge in [-0.05, 0) is 6.99 Å². The van der Waals surface area contributed by atoms with Crippen LogP contribution in [0.3, 0.4) is 0 Å². The molecule has 207 valence electrons. The van der Waals surface area contributed by atoms with Gasteiger partial charge in [-0.3, -0.25) is 0 Å². The molecule has 0 aromatic carbocycles. The Morgan fingerprint density at radius 3 is 0.700 bits per heavy atom. The number of hydrogen-bond donors (Lipinski definition) is 0. The smallest absolute Gasteiger partial charge is 0.0109 e. The van der Waals surface area contributed by atoms with Crippen LogP contribution in [-0.4, -0.2) is 8.41 Å². The van der Waals surface area contributed by atoms with Crippen molar-refractivity contribution in [3.05, 3.63) is 0 Å². The quantitative estimate of drug-likeness (QED) is 0.229. The molecule has 30 heavy (non-hydrogen) atoms. The van der Waals surface area contributed by atoms with E-state index in [9.17, 15) is 0 Å². The van der Waals surface area contributed by atoms with Crippen LogP contribution in [0.15, 0.2) is 0 Å². The van der Waals surface area contributed by atoms with Crippen LogP contribution in [-0.2, 0) is 11.8 Å². The van der Waals surface area contributed by atoms with E-state index in [1.165, 1.54) is 51.4 Å². The molecule has 0 spiro atoms. The van der Waals surface area contributed by atoms with Crippen LogP contribution in [0.1, 0.15) is 163 Å². The van der Waals surface area contributed by atoms with Gasteiger partial charge in [-0.15, -0.1) is 17.9 Å². The van der Waals surface area contributed by atoms with Crippen molar-refractivity contribution in [2.45, 2.75) is 152 Å². The average Bonchev–Trinajstić information content (AvgIpc) is 2.68. The maximum absolute atomic E-state index is 5.00. The minimum Gasteiger partial charge on any atom is -0.102 e. The molecule has 0 saturated heterocycles. The zero-order chi connectivity index (χ0) is 23.5. The molecule has 0 aromatic rings. The predicted molar refractivity (Wildman–Crippen MR) is 196 cm³/mol. The van der Waals surface area contributed by atoms with E-state index in [2.05, 4.69) is 26.8 Å². The van der Waals surface area contributed by atoms with Crippen LogP contribution in [0.2, 0.25) is 0 Å². The molecule has 0 amide bonds. The van der Waals surface area contributed by atoms with Gasteiger partial charge in [0.2, 0.25) is 0 Å². The molecule has 2 rings (SSSR count). The third-order valence-corrected chi connectivity index (χ3v) is 27.9.